The van der Waals surface area contributed by atoms with Crippen LogP contribution in [0.4, 0.5) is 0 Å². The van der Waals surface area contributed by atoms with Gasteiger partial charge in [-0.05, 0) is 70.1 Å². The molecule has 27 heavy (non-hydrogen) atoms. The van der Waals surface area contributed by atoms with Gasteiger partial charge in [0.25, 0.3) is 5.91 Å². The zero-order valence-corrected chi connectivity index (χ0v) is 18.0. The maximum Gasteiger partial charge on any atom is 0.258 e. The highest BCUT2D eigenvalue weighted by atomic mass is 79.9. The van der Waals surface area contributed by atoms with Gasteiger partial charge in [0.15, 0.2) is 6.61 Å². The molecular formula is C22H28BrNO3. The molecule has 0 saturated heterocycles. The van der Waals surface area contributed by atoms with Gasteiger partial charge in [0.1, 0.15) is 11.5 Å². The zero-order chi connectivity index (χ0) is 19.8. The SMILES string of the molecule is CCc1ccc(OCC(=O)N[C@H](CC(C)C)c2ccc(OC)cc2)c(Br)c1. The number of hydrogen-bond acceptors (Lipinski definition) is 3. The average Bonchev–Trinajstić information content (AvgIpc) is 2.66. The van der Waals surface area contributed by atoms with Gasteiger partial charge in [-0.25, -0.2) is 0 Å². The molecule has 2 aromatic rings. The Morgan fingerprint density at radius 3 is 2.41 bits per heavy atom. The van der Waals surface area contributed by atoms with E-state index in [1.807, 2.05) is 42.5 Å². The molecule has 1 amide bonds. The van der Waals surface area contributed by atoms with Crippen molar-refractivity contribution in [2.45, 2.75) is 39.7 Å². The van der Waals surface area contributed by atoms with E-state index in [1.165, 1.54) is 5.56 Å². The van der Waals surface area contributed by atoms with E-state index in [2.05, 4.69) is 42.0 Å². The van der Waals surface area contributed by atoms with Crippen LogP contribution in [0, 0.1) is 5.92 Å². The predicted octanol–water partition coefficient (Wildman–Crippen LogP) is 5.30. The first-order chi connectivity index (χ1) is 12.9. The normalized spacial score (nSPS) is 11.9. The molecule has 0 aromatic heterocycles. The molecule has 0 heterocycles. The van der Waals surface area contributed by atoms with Crippen LogP contribution in [-0.4, -0.2) is 19.6 Å². The third-order valence-corrected chi connectivity index (χ3v) is 4.94. The van der Waals surface area contributed by atoms with Crippen LogP contribution >= 0.6 is 15.9 Å². The summed E-state index contributed by atoms with van der Waals surface area (Å²) in [6, 6.07) is 13.7. The van der Waals surface area contributed by atoms with Crippen LogP contribution in [-0.2, 0) is 11.2 Å². The Bertz CT molecular complexity index is 744. The van der Waals surface area contributed by atoms with Gasteiger partial charge in [-0.3, -0.25) is 4.79 Å². The van der Waals surface area contributed by atoms with Crippen LogP contribution in [0.25, 0.3) is 0 Å². The zero-order valence-electron chi connectivity index (χ0n) is 16.4. The first-order valence-electron chi connectivity index (χ1n) is 9.27. The van der Waals surface area contributed by atoms with E-state index < -0.39 is 0 Å². The van der Waals surface area contributed by atoms with E-state index in [9.17, 15) is 4.79 Å². The summed E-state index contributed by atoms with van der Waals surface area (Å²) in [5, 5.41) is 3.09. The fourth-order valence-corrected chi connectivity index (χ4v) is 3.39. The number of amides is 1. The summed E-state index contributed by atoms with van der Waals surface area (Å²) in [6.07, 6.45) is 1.81. The van der Waals surface area contributed by atoms with E-state index in [1.54, 1.807) is 7.11 Å². The summed E-state index contributed by atoms with van der Waals surface area (Å²) in [5.41, 5.74) is 2.28. The lowest BCUT2D eigenvalue weighted by Gasteiger charge is -2.21. The third-order valence-electron chi connectivity index (χ3n) is 4.32. The second kappa shape index (κ2) is 10.4. The lowest BCUT2D eigenvalue weighted by molar-refractivity contribution is -0.124. The summed E-state index contributed by atoms with van der Waals surface area (Å²) in [5.74, 6) is 1.79. The molecule has 1 atom stereocenters. The second-order valence-corrected chi connectivity index (χ2v) is 7.78. The molecule has 1 N–H and O–H groups in total. The Kier molecular flexibility index (Phi) is 8.17. The van der Waals surface area contributed by atoms with Crippen molar-refractivity contribution in [3.05, 3.63) is 58.1 Å². The second-order valence-electron chi connectivity index (χ2n) is 6.93. The number of methoxy groups -OCH3 is 1. The smallest absolute Gasteiger partial charge is 0.258 e. The molecule has 0 aliphatic rings. The summed E-state index contributed by atoms with van der Waals surface area (Å²) in [7, 11) is 1.64. The van der Waals surface area contributed by atoms with Crippen molar-refractivity contribution in [3.63, 3.8) is 0 Å². The van der Waals surface area contributed by atoms with E-state index >= 15 is 0 Å². The summed E-state index contributed by atoms with van der Waals surface area (Å²) in [4.78, 5) is 12.5. The lowest BCUT2D eigenvalue weighted by Crippen LogP contribution is -2.33. The Morgan fingerprint density at radius 1 is 1.15 bits per heavy atom. The quantitative estimate of drug-likeness (QED) is 0.583. The first-order valence-corrected chi connectivity index (χ1v) is 10.1. The number of nitrogens with one attached hydrogen (secondary N) is 1. The fourth-order valence-electron chi connectivity index (χ4n) is 2.85. The molecule has 0 fully saturated rings. The number of halogens is 1. The van der Waals surface area contributed by atoms with Gasteiger partial charge in [0.2, 0.25) is 0 Å². The molecule has 0 radical (unpaired) electrons. The monoisotopic (exact) mass is 433 g/mol. The topological polar surface area (TPSA) is 47.6 Å². The van der Waals surface area contributed by atoms with Crippen molar-refractivity contribution in [3.8, 4) is 11.5 Å². The molecule has 0 aliphatic heterocycles. The molecule has 146 valence electrons. The number of hydrogen-bond donors (Lipinski definition) is 1. The van der Waals surface area contributed by atoms with Crippen molar-refractivity contribution in [1.29, 1.82) is 0 Å². The van der Waals surface area contributed by atoms with Gasteiger partial charge < -0.3 is 14.8 Å². The highest BCUT2D eigenvalue weighted by Gasteiger charge is 2.17. The number of ether oxygens (including phenoxy) is 2. The van der Waals surface area contributed by atoms with Crippen LogP contribution in [0.15, 0.2) is 46.9 Å². The van der Waals surface area contributed by atoms with Gasteiger partial charge in [-0.1, -0.05) is 39.0 Å². The standard InChI is InChI=1S/C22H28BrNO3/c1-5-16-6-11-21(19(23)13-16)27-14-22(25)24-20(12-15(2)3)17-7-9-18(26-4)10-8-17/h6-11,13,15,20H,5,12,14H2,1-4H3,(H,24,25)/t20-/m1/s1. The molecule has 0 saturated carbocycles. The molecule has 0 spiro atoms. The molecule has 0 bridgehead atoms. The molecule has 4 nitrogen and oxygen atoms in total. The minimum Gasteiger partial charge on any atom is -0.497 e. The number of benzene rings is 2. The van der Waals surface area contributed by atoms with E-state index in [0.29, 0.717) is 11.7 Å². The molecular weight excluding hydrogens is 406 g/mol. The van der Waals surface area contributed by atoms with Crippen molar-refractivity contribution in [1.82, 2.24) is 5.32 Å². The summed E-state index contributed by atoms with van der Waals surface area (Å²) in [6.45, 7) is 6.37. The molecule has 5 heteroatoms. The number of carbonyl (C=O) groups is 1. The average molecular weight is 434 g/mol. The Balaban J connectivity index is 2.00. The lowest BCUT2D eigenvalue weighted by atomic mass is 9.97. The van der Waals surface area contributed by atoms with Gasteiger partial charge in [-0.15, -0.1) is 0 Å². The molecule has 2 aromatic carbocycles. The van der Waals surface area contributed by atoms with Crippen molar-refractivity contribution >= 4 is 21.8 Å². The molecule has 0 unspecified atom stereocenters. The van der Waals surface area contributed by atoms with Crippen LogP contribution in [0.1, 0.15) is 44.4 Å². The highest BCUT2D eigenvalue weighted by Crippen LogP contribution is 2.27. The van der Waals surface area contributed by atoms with Gasteiger partial charge >= 0.3 is 0 Å². The maximum absolute atomic E-state index is 12.5. The minimum atomic E-state index is -0.136. The maximum atomic E-state index is 12.5. The number of aryl methyl sites for hydroxylation is 1. The summed E-state index contributed by atoms with van der Waals surface area (Å²) < 4.78 is 11.8. The summed E-state index contributed by atoms with van der Waals surface area (Å²) >= 11 is 3.50. The van der Waals surface area contributed by atoms with Crippen molar-refractivity contribution in [2.75, 3.05) is 13.7 Å². The van der Waals surface area contributed by atoms with Crippen molar-refractivity contribution in [2.24, 2.45) is 5.92 Å². The minimum absolute atomic E-state index is 0.0190. The largest absolute Gasteiger partial charge is 0.497 e. The number of rotatable bonds is 9. The fraction of sp³-hybridized carbons (Fsp3) is 0.409. The molecule has 2 rings (SSSR count). The third kappa shape index (κ3) is 6.58. The van der Waals surface area contributed by atoms with Gasteiger partial charge in [0.05, 0.1) is 17.6 Å². The Morgan fingerprint density at radius 2 is 1.85 bits per heavy atom. The van der Waals surface area contributed by atoms with Gasteiger partial charge in [-0.2, -0.15) is 0 Å². The van der Waals surface area contributed by atoms with Crippen LogP contribution in [0.3, 0.4) is 0 Å². The highest BCUT2D eigenvalue weighted by molar-refractivity contribution is 9.10. The van der Waals surface area contributed by atoms with Crippen molar-refractivity contribution < 1.29 is 14.3 Å². The van der Waals surface area contributed by atoms with Gasteiger partial charge in [0, 0.05) is 0 Å². The molecule has 0 aliphatic carbocycles. The van der Waals surface area contributed by atoms with E-state index in [4.69, 9.17) is 9.47 Å². The van der Waals surface area contributed by atoms with E-state index in [-0.39, 0.29) is 18.6 Å². The van der Waals surface area contributed by atoms with Crippen LogP contribution in [0.2, 0.25) is 0 Å². The first kappa shape index (κ1) is 21.3. The Hall–Kier alpha value is -2.01. The predicted molar refractivity (Wildman–Crippen MR) is 112 cm³/mol. The van der Waals surface area contributed by atoms with E-state index in [0.717, 1.165) is 28.6 Å². The van der Waals surface area contributed by atoms with Crippen LogP contribution in [0.5, 0.6) is 11.5 Å². The number of carbonyl (C=O) groups excluding carboxylic acids is 1. The Labute approximate surface area is 170 Å². The van der Waals surface area contributed by atoms with Crippen LogP contribution < -0.4 is 14.8 Å².